The Kier molecular flexibility index (Phi) is 6.23. The molecule has 5 N–H and O–H groups in total. The first-order chi connectivity index (χ1) is 14.6. The monoisotopic (exact) mass is 439 g/mol. The third-order valence-electron chi connectivity index (χ3n) is 4.88. The second-order valence-electron chi connectivity index (χ2n) is 7.03. The van der Waals surface area contributed by atoms with Gasteiger partial charge in [0.1, 0.15) is 5.82 Å². The van der Waals surface area contributed by atoms with Gasteiger partial charge in [0.05, 0.1) is 4.90 Å². The highest BCUT2D eigenvalue weighted by atomic mass is 32.2. The van der Waals surface area contributed by atoms with Gasteiger partial charge < -0.3 is 16.0 Å². The normalized spacial score (nSPS) is 12.0. The van der Waals surface area contributed by atoms with Crippen molar-refractivity contribution in [1.29, 1.82) is 0 Å². The van der Waals surface area contributed by atoms with Crippen LogP contribution in [0.15, 0.2) is 58.5 Å². The van der Waals surface area contributed by atoms with E-state index in [9.17, 15) is 8.42 Å². The number of nitrogens with two attached hydrogens (primary N) is 2. The van der Waals surface area contributed by atoms with Crippen LogP contribution in [0, 0.1) is 6.92 Å². The minimum absolute atomic E-state index is 0.0492. The van der Waals surface area contributed by atoms with Crippen LogP contribution in [-0.2, 0) is 10.0 Å². The van der Waals surface area contributed by atoms with Crippen molar-refractivity contribution in [1.82, 2.24) is 9.97 Å². The standard InChI is InChI=1S/C21H25N7O2S/c1-13-5-6-15(11-19(13)31(23,29)30)26-21-25-10-9-20(27-21)28(4)16-7-8-18(22)17(12-16)14(2)24-3/h5-12H,22H2,1-4H3,(H2,23,29,30)(H,25,26,27). The van der Waals surface area contributed by atoms with E-state index in [0.717, 1.165) is 17.0 Å². The van der Waals surface area contributed by atoms with Gasteiger partial charge in [-0.25, -0.2) is 18.5 Å². The first-order valence-electron chi connectivity index (χ1n) is 9.40. The molecule has 0 aliphatic rings. The van der Waals surface area contributed by atoms with Crippen molar-refractivity contribution in [2.75, 3.05) is 30.0 Å². The fourth-order valence-electron chi connectivity index (χ4n) is 3.03. The van der Waals surface area contributed by atoms with Crippen LogP contribution >= 0.6 is 0 Å². The summed E-state index contributed by atoms with van der Waals surface area (Å²) in [6.45, 7) is 3.58. The number of aliphatic imine (C=N–C) groups is 1. The van der Waals surface area contributed by atoms with Crippen LogP contribution in [0.2, 0.25) is 0 Å². The summed E-state index contributed by atoms with van der Waals surface area (Å²) in [6, 6.07) is 12.3. The summed E-state index contributed by atoms with van der Waals surface area (Å²) in [6.07, 6.45) is 1.62. The number of benzene rings is 2. The predicted octanol–water partition coefficient (Wildman–Crippen LogP) is 2.96. The van der Waals surface area contributed by atoms with Crippen LogP contribution in [0.3, 0.4) is 0 Å². The Balaban J connectivity index is 1.91. The number of sulfonamides is 1. The van der Waals surface area contributed by atoms with Crippen molar-refractivity contribution in [2.45, 2.75) is 18.7 Å². The number of rotatable bonds is 6. The van der Waals surface area contributed by atoms with Gasteiger partial charge in [-0.3, -0.25) is 4.99 Å². The molecule has 0 aliphatic heterocycles. The van der Waals surface area contributed by atoms with Crippen molar-refractivity contribution in [3.63, 3.8) is 0 Å². The van der Waals surface area contributed by atoms with Crippen molar-refractivity contribution >= 4 is 44.6 Å². The molecule has 10 heteroatoms. The van der Waals surface area contributed by atoms with E-state index in [2.05, 4.69) is 20.3 Å². The molecule has 1 aromatic heterocycles. The molecule has 0 spiro atoms. The van der Waals surface area contributed by atoms with Gasteiger partial charge in [-0.2, -0.15) is 4.98 Å². The van der Waals surface area contributed by atoms with Gasteiger partial charge in [0, 0.05) is 48.6 Å². The molecule has 9 nitrogen and oxygen atoms in total. The molecule has 1 heterocycles. The van der Waals surface area contributed by atoms with Crippen molar-refractivity contribution in [3.05, 3.63) is 59.8 Å². The third kappa shape index (κ3) is 4.98. The number of nitrogen functional groups attached to an aromatic ring is 1. The average Bonchev–Trinajstić information content (AvgIpc) is 2.74. The smallest absolute Gasteiger partial charge is 0.238 e. The molecular weight excluding hydrogens is 414 g/mol. The van der Waals surface area contributed by atoms with E-state index in [1.807, 2.05) is 37.1 Å². The summed E-state index contributed by atoms with van der Waals surface area (Å²) >= 11 is 0. The van der Waals surface area contributed by atoms with Crippen LogP contribution in [0.1, 0.15) is 18.1 Å². The van der Waals surface area contributed by atoms with E-state index >= 15 is 0 Å². The molecule has 0 unspecified atom stereocenters. The molecule has 162 valence electrons. The minimum Gasteiger partial charge on any atom is -0.398 e. The molecule has 0 fully saturated rings. The zero-order chi connectivity index (χ0) is 22.8. The van der Waals surface area contributed by atoms with Crippen molar-refractivity contribution in [3.8, 4) is 0 Å². The highest BCUT2D eigenvalue weighted by Crippen LogP contribution is 2.27. The van der Waals surface area contributed by atoms with Gasteiger partial charge in [-0.05, 0) is 55.8 Å². The molecule has 3 rings (SSSR count). The van der Waals surface area contributed by atoms with Gasteiger partial charge in [-0.15, -0.1) is 0 Å². The number of aromatic nitrogens is 2. The fourth-order valence-corrected chi connectivity index (χ4v) is 3.84. The van der Waals surface area contributed by atoms with Crippen LogP contribution in [0.25, 0.3) is 0 Å². The molecule has 0 saturated heterocycles. The van der Waals surface area contributed by atoms with Crippen LogP contribution in [-0.4, -0.2) is 38.2 Å². The average molecular weight is 440 g/mol. The van der Waals surface area contributed by atoms with Crippen molar-refractivity contribution < 1.29 is 8.42 Å². The van der Waals surface area contributed by atoms with Gasteiger partial charge in [-0.1, -0.05) is 6.07 Å². The number of anilines is 5. The minimum atomic E-state index is -3.83. The lowest BCUT2D eigenvalue weighted by Gasteiger charge is -2.20. The number of primary sulfonamides is 1. The SMILES string of the molecule is CN=C(C)c1cc(N(C)c2ccnc(Nc3ccc(C)c(S(N)(=O)=O)c3)n2)ccc1N. The third-order valence-corrected chi connectivity index (χ3v) is 5.94. The Bertz CT molecular complexity index is 1260. The second-order valence-corrected chi connectivity index (χ2v) is 8.56. The maximum atomic E-state index is 11.8. The van der Waals surface area contributed by atoms with E-state index in [-0.39, 0.29) is 4.90 Å². The Morgan fingerprint density at radius 2 is 1.90 bits per heavy atom. The Morgan fingerprint density at radius 1 is 1.16 bits per heavy atom. The van der Waals surface area contributed by atoms with E-state index in [4.69, 9.17) is 10.9 Å². The fraction of sp³-hybridized carbons (Fsp3) is 0.190. The molecule has 0 bridgehead atoms. The molecular formula is C21H25N7O2S. The molecule has 3 aromatic rings. The molecule has 0 amide bonds. The van der Waals surface area contributed by atoms with E-state index in [1.54, 1.807) is 38.4 Å². The number of nitrogens with zero attached hydrogens (tertiary/aromatic N) is 4. The highest BCUT2D eigenvalue weighted by Gasteiger charge is 2.14. The quantitative estimate of drug-likeness (QED) is 0.396. The molecule has 0 aliphatic carbocycles. The topological polar surface area (TPSA) is 140 Å². The zero-order valence-corrected chi connectivity index (χ0v) is 18.6. The predicted molar refractivity (Wildman–Crippen MR) is 125 cm³/mol. The highest BCUT2D eigenvalue weighted by molar-refractivity contribution is 7.89. The summed E-state index contributed by atoms with van der Waals surface area (Å²) in [7, 11) is -0.230. The molecule has 31 heavy (non-hydrogen) atoms. The van der Waals surface area contributed by atoms with Gasteiger partial charge in [0.2, 0.25) is 16.0 Å². The molecule has 0 radical (unpaired) electrons. The van der Waals surface area contributed by atoms with Crippen LogP contribution < -0.4 is 21.1 Å². The number of hydrogen-bond acceptors (Lipinski definition) is 8. The Labute approximate surface area is 181 Å². The number of aryl methyl sites for hydroxylation is 1. The van der Waals surface area contributed by atoms with E-state index in [1.165, 1.54) is 6.07 Å². The molecule has 0 atom stereocenters. The van der Waals surface area contributed by atoms with Gasteiger partial charge >= 0.3 is 0 Å². The lowest BCUT2D eigenvalue weighted by atomic mass is 10.1. The lowest BCUT2D eigenvalue weighted by molar-refractivity contribution is 0.597. The van der Waals surface area contributed by atoms with Crippen LogP contribution in [0.4, 0.5) is 28.8 Å². The van der Waals surface area contributed by atoms with Gasteiger partial charge in [0.25, 0.3) is 0 Å². The number of nitrogens with one attached hydrogen (secondary N) is 1. The summed E-state index contributed by atoms with van der Waals surface area (Å²) < 4.78 is 23.5. The Hall–Kier alpha value is -3.50. The second kappa shape index (κ2) is 8.70. The van der Waals surface area contributed by atoms with Gasteiger partial charge in [0.15, 0.2) is 0 Å². The number of hydrogen-bond donors (Lipinski definition) is 3. The summed E-state index contributed by atoms with van der Waals surface area (Å²) in [5, 5.41) is 8.32. The van der Waals surface area contributed by atoms with Crippen LogP contribution in [0.5, 0.6) is 0 Å². The Morgan fingerprint density at radius 3 is 2.58 bits per heavy atom. The lowest BCUT2D eigenvalue weighted by Crippen LogP contribution is -2.14. The maximum Gasteiger partial charge on any atom is 0.238 e. The summed E-state index contributed by atoms with van der Waals surface area (Å²) in [5.41, 5.74) is 10.4. The summed E-state index contributed by atoms with van der Waals surface area (Å²) in [4.78, 5) is 14.9. The molecule has 0 saturated carbocycles. The molecule has 2 aromatic carbocycles. The first kappa shape index (κ1) is 22.2. The van der Waals surface area contributed by atoms with Crippen molar-refractivity contribution in [2.24, 2.45) is 10.1 Å². The van der Waals surface area contributed by atoms with E-state index < -0.39 is 10.0 Å². The van der Waals surface area contributed by atoms with E-state index in [0.29, 0.717) is 28.7 Å². The zero-order valence-electron chi connectivity index (χ0n) is 17.8. The summed E-state index contributed by atoms with van der Waals surface area (Å²) in [5.74, 6) is 0.952. The largest absolute Gasteiger partial charge is 0.398 e. The first-order valence-corrected chi connectivity index (χ1v) is 11.0. The maximum absolute atomic E-state index is 11.8.